The molecule has 7 nitrogen and oxygen atoms in total. The number of carbonyl (C=O) groups excluding carboxylic acids is 2. The Hall–Kier alpha value is -3.48. The first kappa shape index (κ1) is 23.7. The lowest BCUT2D eigenvalue weighted by Gasteiger charge is -2.22. The van der Waals surface area contributed by atoms with E-state index in [1.165, 1.54) is 6.42 Å². The molecule has 34 heavy (non-hydrogen) atoms. The summed E-state index contributed by atoms with van der Waals surface area (Å²) in [5.74, 6) is 0.894. The van der Waals surface area contributed by atoms with Crippen LogP contribution in [0.15, 0.2) is 48.7 Å². The SMILES string of the molecule is COc1cccc(C(CNC(=O)CNC(=O)C2CCCCC2)c2c[nH]c3ccccc23)c1OC. The normalized spacial score (nSPS) is 15.0. The fourth-order valence-electron chi connectivity index (χ4n) is 4.91. The number of aromatic nitrogens is 1. The molecule has 0 radical (unpaired) electrons. The molecule has 0 bridgehead atoms. The van der Waals surface area contributed by atoms with Crippen molar-refractivity contribution < 1.29 is 19.1 Å². The van der Waals surface area contributed by atoms with Gasteiger partial charge in [-0.1, -0.05) is 49.6 Å². The standard InChI is InChI=1S/C27H33N3O4/c1-33-24-14-8-12-20(26(24)34-2)22(21-15-28-23-13-7-6-11-19(21)23)16-29-25(31)17-30-27(32)18-9-4-3-5-10-18/h6-8,11-15,18,22,28H,3-5,9-10,16-17H2,1-2H3,(H,29,31)(H,30,32). The number of amides is 2. The van der Waals surface area contributed by atoms with E-state index in [9.17, 15) is 9.59 Å². The number of fused-ring (bicyclic) bond motifs is 1. The lowest BCUT2D eigenvalue weighted by molar-refractivity contribution is -0.129. The maximum absolute atomic E-state index is 12.7. The number of nitrogens with one attached hydrogen (secondary N) is 3. The molecule has 1 heterocycles. The van der Waals surface area contributed by atoms with Crippen LogP contribution in [0.3, 0.4) is 0 Å². The van der Waals surface area contributed by atoms with Crippen molar-refractivity contribution in [2.45, 2.75) is 38.0 Å². The van der Waals surface area contributed by atoms with E-state index in [0.717, 1.165) is 47.7 Å². The van der Waals surface area contributed by atoms with Crippen LogP contribution in [0.2, 0.25) is 0 Å². The summed E-state index contributed by atoms with van der Waals surface area (Å²) in [6, 6.07) is 13.8. The van der Waals surface area contributed by atoms with Gasteiger partial charge in [0.25, 0.3) is 0 Å². The second-order valence-corrected chi connectivity index (χ2v) is 8.78. The largest absolute Gasteiger partial charge is 0.493 e. The molecule has 1 unspecified atom stereocenters. The van der Waals surface area contributed by atoms with E-state index in [4.69, 9.17) is 9.47 Å². The Kier molecular flexibility index (Phi) is 7.72. The van der Waals surface area contributed by atoms with Gasteiger partial charge in [-0.15, -0.1) is 0 Å². The first-order valence-electron chi connectivity index (χ1n) is 11.9. The van der Waals surface area contributed by atoms with Crippen LogP contribution in [0.4, 0.5) is 0 Å². The van der Waals surface area contributed by atoms with E-state index in [1.807, 2.05) is 42.6 Å². The Morgan fingerprint density at radius 2 is 1.76 bits per heavy atom. The summed E-state index contributed by atoms with van der Waals surface area (Å²) < 4.78 is 11.2. The quantitative estimate of drug-likeness (QED) is 0.445. The fourth-order valence-corrected chi connectivity index (χ4v) is 4.91. The summed E-state index contributed by atoms with van der Waals surface area (Å²) in [6.07, 6.45) is 7.15. The van der Waals surface area contributed by atoms with E-state index in [-0.39, 0.29) is 30.2 Å². The van der Waals surface area contributed by atoms with Crippen molar-refractivity contribution in [1.82, 2.24) is 15.6 Å². The van der Waals surface area contributed by atoms with E-state index < -0.39 is 0 Å². The van der Waals surface area contributed by atoms with Crippen molar-refractivity contribution in [2.75, 3.05) is 27.3 Å². The Balaban J connectivity index is 1.52. The van der Waals surface area contributed by atoms with Gasteiger partial charge in [-0.3, -0.25) is 9.59 Å². The molecule has 7 heteroatoms. The van der Waals surface area contributed by atoms with Crippen LogP contribution in [0, 0.1) is 5.92 Å². The van der Waals surface area contributed by atoms with Crippen molar-refractivity contribution in [3.63, 3.8) is 0 Å². The number of carbonyl (C=O) groups is 2. The first-order valence-corrected chi connectivity index (χ1v) is 11.9. The molecule has 3 aromatic rings. The number of benzene rings is 2. The number of rotatable bonds is 9. The molecular formula is C27H33N3O4. The third kappa shape index (κ3) is 5.19. The van der Waals surface area contributed by atoms with E-state index in [2.05, 4.69) is 21.7 Å². The number of H-pyrrole nitrogens is 1. The van der Waals surface area contributed by atoms with Gasteiger partial charge in [0.05, 0.1) is 20.8 Å². The summed E-state index contributed by atoms with van der Waals surface area (Å²) in [4.78, 5) is 28.4. The molecule has 4 rings (SSSR count). The molecule has 0 spiro atoms. The van der Waals surface area contributed by atoms with E-state index in [1.54, 1.807) is 14.2 Å². The molecule has 2 amide bonds. The van der Waals surface area contributed by atoms with E-state index >= 15 is 0 Å². The number of para-hydroxylation sites is 2. The van der Waals surface area contributed by atoms with E-state index in [0.29, 0.717) is 18.0 Å². The molecule has 1 aliphatic carbocycles. The van der Waals surface area contributed by atoms with Crippen LogP contribution in [-0.4, -0.2) is 44.1 Å². The number of aromatic amines is 1. The molecule has 1 fully saturated rings. The minimum absolute atomic E-state index is 0.0162. The maximum atomic E-state index is 12.7. The zero-order valence-electron chi connectivity index (χ0n) is 19.9. The van der Waals surface area contributed by atoms with Gasteiger partial charge in [0.1, 0.15) is 0 Å². The summed E-state index contributed by atoms with van der Waals surface area (Å²) in [5, 5.41) is 6.92. The molecular weight excluding hydrogens is 430 g/mol. The van der Waals surface area contributed by atoms with Crippen LogP contribution >= 0.6 is 0 Å². The molecule has 0 saturated heterocycles. The smallest absolute Gasteiger partial charge is 0.239 e. The monoisotopic (exact) mass is 463 g/mol. The molecule has 3 N–H and O–H groups in total. The van der Waals surface area contributed by atoms with Gasteiger partial charge >= 0.3 is 0 Å². The zero-order valence-corrected chi connectivity index (χ0v) is 19.9. The fraction of sp³-hybridized carbons (Fsp3) is 0.407. The Labute approximate surface area is 200 Å². The highest BCUT2D eigenvalue weighted by atomic mass is 16.5. The van der Waals surface area contributed by atoms with Crippen molar-refractivity contribution in [2.24, 2.45) is 5.92 Å². The molecule has 1 saturated carbocycles. The second kappa shape index (κ2) is 11.1. The summed E-state index contributed by atoms with van der Waals surface area (Å²) in [6.45, 7) is 0.328. The number of methoxy groups -OCH3 is 2. The lowest BCUT2D eigenvalue weighted by Crippen LogP contribution is -2.41. The van der Waals surface area contributed by atoms with Crippen LogP contribution in [0.1, 0.15) is 49.1 Å². The number of hydrogen-bond acceptors (Lipinski definition) is 4. The van der Waals surface area contributed by atoms with Crippen molar-refractivity contribution in [1.29, 1.82) is 0 Å². The van der Waals surface area contributed by atoms with Crippen LogP contribution in [0.5, 0.6) is 11.5 Å². The molecule has 1 aromatic heterocycles. The molecule has 0 aliphatic heterocycles. The average molecular weight is 464 g/mol. The van der Waals surface area contributed by atoms with Gasteiger partial charge in [-0.25, -0.2) is 0 Å². The molecule has 2 aromatic carbocycles. The number of hydrogen-bond donors (Lipinski definition) is 3. The third-order valence-electron chi connectivity index (χ3n) is 6.71. The average Bonchev–Trinajstić information content (AvgIpc) is 3.31. The van der Waals surface area contributed by atoms with Crippen molar-refractivity contribution in [3.8, 4) is 11.5 Å². The Bertz CT molecular complexity index is 1130. The van der Waals surface area contributed by atoms with Crippen LogP contribution in [-0.2, 0) is 9.59 Å². The van der Waals surface area contributed by atoms with Gasteiger partial charge in [0.15, 0.2) is 11.5 Å². The second-order valence-electron chi connectivity index (χ2n) is 8.78. The topological polar surface area (TPSA) is 92.5 Å². The lowest BCUT2D eigenvalue weighted by atomic mass is 9.89. The summed E-state index contributed by atoms with van der Waals surface area (Å²) in [5.41, 5.74) is 2.99. The maximum Gasteiger partial charge on any atom is 0.239 e. The van der Waals surface area contributed by atoms with Crippen molar-refractivity contribution >= 4 is 22.7 Å². The highest BCUT2D eigenvalue weighted by molar-refractivity contribution is 5.86. The summed E-state index contributed by atoms with van der Waals surface area (Å²) in [7, 11) is 3.23. The van der Waals surface area contributed by atoms with Gasteiger partial charge in [0.2, 0.25) is 11.8 Å². The van der Waals surface area contributed by atoms with Gasteiger partial charge in [-0.05, 0) is 30.5 Å². The van der Waals surface area contributed by atoms with Crippen molar-refractivity contribution in [3.05, 3.63) is 59.8 Å². The van der Waals surface area contributed by atoms with Crippen LogP contribution in [0.25, 0.3) is 10.9 Å². The Morgan fingerprint density at radius 1 is 0.971 bits per heavy atom. The number of ether oxygens (including phenoxy) is 2. The van der Waals surface area contributed by atoms with Gasteiger partial charge in [0, 0.05) is 41.0 Å². The van der Waals surface area contributed by atoms with Gasteiger partial charge in [-0.2, -0.15) is 0 Å². The highest BCUT2D eigenvalue weighted by Crippen LogP contribution is 2.40. The predicted molar refractivity (Wildman–Crippen MR) is 132 cm³/mol. The molecule has 1 aliphatic rings. The minimum Gasteiger partial charge on any atom is -0.493 e. The zero-order chi connectivity index (χ0) is 23.9. The minimum atomic E-state index is -0.212. The summed E-state index contributed by atoms with van der Waals surface area (Å²) >= 11 is 0. The molecule has 1 atom stereocenters. The van der Waals surface area contributed by atoms with Crippen LogP contribution < -0.4 is 20.1 Å². The predicted octanol–water partition coefficient (Wildman–Crippen LogP) is 4.13. The molecule has 180 valence electrons. The highest BCUT2D eigenvalue weighted by Gasteiger charge is 2.25. The third-order valence-corrected chi connectivity index (χ3v) is 6.71. The van der Waals surface area contributed by atoms with Gasteiger partial charge < -0.3 is 25.1 Å². The first-order chi connectivity index (χ1) is 16.6. The Morgan fingerprint density at radius 3 is 2.53 bits per heavy atom.